The molecule has 4 heteroatoms. The monoisotopic (exact) mass is 339 g/mol. The van der Waals surface area contributed by atoms with Crippen LogP contribution in [0.1, 0.15) is 59.1 Å². The van der Waals surface area contributed by atoms with Crippen molar-refractivity contribution < 1.29 is 9.53 Å². The summed E-state index contributed by atoms with van der Waals surface area (Å²) in [6.45, 7) is 16.2. The highest BCUT2D eigenvalue weighted by atomic mass is 35.5. The number of nitrogens with one attached hydrogen (secondary N) is 1. The largest absolute Gasteiger partial charge is 0.481 e. The van der Waals surface area contributed by atoms with Gasteiger partial charge in [-0.05, 0) is 69.7 Å². The zero-order valence-electron chi connectivity index (χ0n) is 15.6. The van der Waals surface area contributed by atoms with Gasteiger partial charge in [0.15, 0.2) is 6.10 Å². The van der Waals surface area contributed by atoms with E-state index in [9.17, 15) is 4.79 Å². The van der Waals surface area contributed by atoms with Crippen molar-refractivity contribution in [2.24, 2.45) is 5.41 Å². The number of amides is 1. The number of benzene rings is 1. The molecule has 0 aliphatic rings. The number of halogens is 1. The van der Waals surface area contributed by atoms with Crippen LogP contribution in [0.15, 0.2) is 12.1 Å². The molecule has 0 aliphatic carbocycles. The van der Waals surface area contributed by atoms with Crippen LogP contribution >= 0.6 is 11.6 Å². The van der Waals surface area contributed by atoms with Crippen LogP contribution in [0.5, 0.6) is 5.75 Å². The quantitative estimate of drug-likeness (QED) is 0.814. The Hall–Kier alpha value is -1.22. The summed E-state index contributed by atoms with van der Waals surface area (Å²) >= 11 is 6.16. The maximum Gasteiger partial charge on any atom is 0.261 e. The second-order valence-corrected chi connectivity index (χ2v) is 8.62. The Morgan fingerprint density at radius 3 is 2.09 bits per heavy atom. The molecule has 0 aliphatic heterocycles. The Morgan fingerprint density at radius 2 is 1.65 bits per heavy atom. The predicted octanol–water partition coefficient (Wildman–Crippen LogP) is 5.06. The van der Waals surface area contributed by atoms with Crippen molar-refractivity contribution in [2.45, 2.75) is 73.5 Å². The molecule has 1 aromatic carbocycles. The van der Waals surface area contributed by atoms with E-state index < -0.39 is 6.10 Å². The standard InChI is InChI=1S/C19H30ClNO2/c1-12-9-15(10-13(2)16(12)20)23-14(3)17(22)21-19(7,8)11-18(4,5)6/h9-10,14H,11H2,1-8H3,(H,21,22)/t14-/m0/s1. The lowest BCUT2D eigenvalue weighted by Crippen LogP contribution is -2.50. The summed E-state index contributed by atoms with van der Waals surface area (Å²) in [4.78, 5) is 12.4. The number of hydrogen-bond donors (Lipinski definition) is 1. The Kier molecular flexibility index (Phi) is 6.14. The van der Waals surface area contributed by atoms with Crippen molar-refractivity contribution in [1.29, 1.82) is 0 Å². The van der Waals surface area contributed by atoms with Crippen LogP contribution in [-0.2, 0) is 4.79 Å². The lowest BCUT2D eigenvalue weighted by atomic mass is 9.81. The minimum atomic E-state index is -0.561. The molecule has 3 nitrogen and oxygen atoms in total. The fourth-order valence-electron chi connectivity index (χ4n) is 3.04. The second-order valence-electron chi connectivity index (χ2n) is 8.24. The molecule has 0 aromatic heterocycles. The van der Waals surface area contributed by atoms with Crippen molar-refractivity contribution in [3.05, 3.63) is 28.3 Å². The molecule has 0 bridgehead atoms. The minimum Gasteiger partial charge on any atom is -0.481 e. The Bertz CT molecular complexity index is 550. The third-order valence-electron chi connectivity index (χ3n) is 3.53. The smallest absolute Gasteiger partial charge is 0.261 e. The Morgan fingerprint density at radius 1 is 1.17 bits per heavy atom. The summed E-state index contributed by atoms with van der Waals surface area (Å²) in [5, 5.41) is 3.82. The molecule has 1 aromatic rings. The van der Waals surface area contributed by atoms with Gasteiger partial charge in [-0.25, -0.2) is 0 Å². The van der Waals surface area contributed by atoms with Gasteiger partial charge in [0.1, 0.15) is 5.75 Å². The van der Waals surface area contributed by atoms with Gasteiger partial charge in [0, 0.05) is 10.6 Å². The van der Waals surface area contributed by atoms with Gasteiger partial charge in [-0.3, -0.25) is 4.79 Å². The number of carbonyl (C=O) groups excluding carboxylic acids is 1. The molecule has 130 valence electrons. The number of ether oxygens (including phenoxy) is 1. The molecule has 1 N–H and O–H groups in total. The molecule has 0 fully saturated rings. The third kappa shape index (κ3) is 6.42. The average Bonchev–Trinajstić information content (AvgIpc) is 2.31. The zero-order chi connectivity index (χ0) is 18.0. The van der Waals surface area contributed by atoms with E-state index >= 15 is 0 Å². The number of rotatable bonds is 5. The van der Waals surface area contributed by atoms with E-state index in [0.29, 0.717) is 5.75 Å². The SMILES string of the molecule is Cc1cc(O[C@@H](C)C(=O)NC(C)(C)CC(C)(C)C)cc(C)c1Cl. The zero-order valence-corrected chi connectivity index (χ0v) is 16.4. The molecule has 1 amide bonds. The van der Waals surface area contributed by atoms with E-state index in [1.54, 1.807) is 6.92 Å². The van der Waals surface area contributed by atoms with E-state index in [4.69, 9.17) is 16.3 Å². The van der Waals surface area contributed by atoms with E-state index in [-0.39, 0.29) is 16.9 Å². The van der Waals surface area contributed by atoms with E-state index in [1.165, 1.54) is 0 Å². The summed E-state index contributed by atoms with van der Waals surface area (Å²) in [5.74, 6) is 0.560. The molecule has 0 radical (unpaired) electrons. The fourth-order valence-corrected chi connectivity index (χ4v) is 3.15. The van der Waals surface area contributed by atoms with Crippen molar-refractivity contribution in [1.82, 2.24) is 5.32 Å². The maximum atomic E-state index is 12.4. The first-order valence-electron chi connectivity index (χ1n) is 8.06. The van der Waals surface area contributed by atoms with Gasteiger partial charge in [-0.2, -0.15) is 0 Å². The Labute approximate surface area is 145 Å². The van der Waals surface area contributed by atoms with Crippen molar-refractivity contribution in [3.63, 3.8) is 0 Å². The molecule has 0 saturated carbocycles. The van der Waals surface area contributed by atoms with E-state index in [0.717, 1.165) is 22.6 Å². The maximum absolute atomic E-state index is 12.4. The van der Waals surface area contributed by atoms with E-state index in [2.05, 4.69) is 26.1 Å². The van der Waals surface area contributed by atoms with Crippen LogP contribution in [0.2, 0.25) is 5.02 Å². The molecule has 1 rings (SSSR count). The summed E-state index contributed by atoms with van der Waals surface area (Å²) in [5.41, 5.74) is 1.76. The van der Waals surface area contributed by atoms with Crippen molar-refractivity contribution in [2.75, 3.05) is 0 Å². The van der Waals surface area contributed by atoms with Crippen LogP contribution in [0.3, 0.4) is 0 Å². The molecule has 0 spiro atoms. The van der Waals surface area contributed by atoms with Crippen LogP contribution in [-0.4, -0.2) is 17.6 Å². The highest BCUT2D eigenvalue weighted by Gasteiger charge is 2.29. The van der Waals surface area contributed by atoms with Gasteiger partial charge >= 0.3 is 0 Å². The molecule has 1 atom stereocenters. The molecule has 23 heavy (non-hydrogen) atoms. The number of carbonyl (C=O) groups is 1. The highest BCUT2D eigenvalue weighted by Crippen LogP contribution is 2.28. The van der Waals surface area contributed by atoms with Crippen LogP contribution in [0, 0.1) is 19.3 Å². The summed E-state index contributed by atoms with van der Waals surface area (Å²) in [6.07, 6.45) is 0.326. The lowest BCUT2D eigenvalue weighted by molar-refractivity contribution is -0.129. The lowest BCUT2D eigenvalue weighted by Gasteiger charge is -2.34. The minimum absolute atomic E-state index is 0.107. The molecule has 0 heterocycles. The molecular formula is C19H30ClNO2. The first-order valence-corrected chi connectivity index (χ1v) is 8.44. The second kappa shape index (κ2) is 7.12. The summed E-state index contributed by atoms with van der Waals surface area (Å²) in [6, 6.07) is 3.72. The van der Waals surface area contributed by atoms with Crippen LogP contribution in [0.4, 0.5) is 0 Å². The van der Waals surface area contributed by atoms with Crippen molar-refractivity contribution in [3.8, 4) is 5.75 Å². The van der Waals surface area contributed by atoms with E-state index in [1.807, 2.05) is 39.8 Å². The van der Waals surface area contributed by atoms with Gasteiger partial charge in [-0.15, -0.1) is 0 Å². The average molecular weight is 340 g/mol. The number of aryl methyl sites for hydroxylation is 2. The van der Waals surface area contributed by atoms with Gasteiger partial charge < -0.3 is 10.1 Å². The first kappa shape index (κ1) is 19.8. The van der Waals surface area contributed by atoms with Gasteiger partial charge in [0.05, 0.1) is 0 Å². The van der Waals surface area contributed by atoms with Gasteiger partial charge in [0.2, 0.25) is 0 Å². The Balaban J connectivity index is 2.74. The fraction of sp³-hybridized carbons (Fsp3) is 0.632. The van der Waals surface area contributed by atoms with Crippen LogP contribution in [0.25, 0.3) is 0 Å². The molecule has 0 unspecified atom stereocenters. The summed E-state index contributed by atoms with van der Waals surface area (Å²) < 4.78 is 5.80. The van der Waals surface area contributed by atoms with Crippen molar-refractivity contribution >= 4 is 17.5 Å². The molecule has 0 saturated heterocycles. The van der Waals surface area contributed by atoms with Gasteiger partial charge in [-0.1, -0.05) is 32.4 Å². The molecular weight excluding hydrogens is 310 g/mol. The highest BCUT2D eigenvalue weighted by molar-refractivity contribution is 6.32. The summed E-state index contributed by atoms with van der Waals surface area (Å²) in [7, 11) is 0. The van der Waals surface area contributed by atoms with Crippen LogP contribution < -0.4 is 10.1 Å². The topological polar surface area (TPSA) is 38.3 Å². The predicted molar refractivity (Wildman–Crippen MR) is 97.3 cm³/mol. The first-order chi connectivity index (χ1) is 10.3. The van der Waals surface area contributed by atoms with Gasteiger partial charge in [0.25, 0.3) is 5.91 Å². The number of hydrogen-bond acceptors (Lipinski definition) is 2. The third-order valence-corrected chi connectivity index (χ3v) is 4.12. The normalized spacial score (nSPS) is 13.6.